The van der Waals surface area contributed by atoms with E-state index >= 15 is 0 Å². The second-order valence-corrected chi connectivity index (χ2v) is 3.45. The van der Waals surface area contributed by atoms with Gasteiger partial charge in [-0.15, -0.1) is 0 Å². The topological polar surface area (TPSA) is 83.3 Å². The number of rotatable bonds is 3. The number of carbonyl (C=O) groups excluding carboxylic acids is 1. The summed E-state index contributed by atoms with van der Waals surface area (Å²) in [5.74, 6) is 5.71. The van der Waals surface area contributed by atoms with Gasteiger partial charge in [-0.25, -0.2) is 20.6 Å². The number of nitrogens with one attached hydrogen (secondary N) is 2. The lowest BCUT2D eigenvalue weighted by molar-refractivity contribution is 0.247. The molecule has 0 aliphatic rings. The summed E-state index contributed by atoms with van der Waals surface area (Å²) >= 11 is 0. The quantitative estimate of drug-likeness (QED) is 0.433. The molecular weight excluding hydrogens is 230 g/mol. The summed E-state index contributed by atoms with van der Waals surface area (Å²) in [4.78, 5) is 15.8. The Labute approximate surface area is 104 Å². The van der Waals surface area contributed by atoms with E-state index in [0.717, 1.165) is 0 Å². The molecule has 6 heteroatoms. The lowest BCUT2D eigenvalue weighted by Crippen LogP contribution is -2.46. The number of carbonyl (C=O) groups is 1. The molecule has 1 aromatic heterocycles. The monoisotopic (exact) mass is 243 g/mol. The summed E-state index contributed by atoms with van der Waals surface area (Å²) in [7, 11) is 0. The van der Waals surface area contributed by atoms with Crippen molar-refractivity contribution in [2.24, 2.45) is 5.84 Å². The number of benzene rings is 1. The zero-order valence-corrected chi connectivity index (χ0v) is 9.58. The van der Waals surface area contributed by atoms with E-state index in [1.54, 1.807) is 30.5 Å². The minimum Gasteiger partial charge on any atom is -0.274 e. The number of para-hydroxylation sites is 1. The van der Waals surface area contributed by atoms with E-state index in [4.69, 9.17) is 5.84 Å². The van der Waals surface area contributed by atoms with Crippen LogP contribution in [0, 0.1) is 0 Å². The normalized spacial score (nSPS) is 9.61. The van der Waals surface area contributed by atoms with Crippen LogP contribution >= 0.6 is 0 Å². The smallest absolute Gasteiger partial charge is 0.274 e. The van der Waals surface area contributed by atoms with Crippen LogP contribution in [0.5, 0.6) is 0 Å². The van der Waals surface area contributed by atoms with Crippen LogP contribution in [0.3, 0.4) is 0 Å². The number of amides is 2. The Hall–Kier alpha value is -2.60. The predicted octanol–water partition coefficient (Wildman–Crippen LogP) is 1.50. The zero-order valence-electron chi connectivity index (χ0n) is 9.58. The molecule has 0 aliphatic carbocycles. The Kier molecular flexibility index (Phi) is 3.72. The standard InChI is InChI=1S/C12H13N5O/c13-15-12(18)17(10-6-2-1-3-7-10)16-11-8-4-5-9-14-11/h1-9H,13H2,(H,14,16)(H,15,18). The first-order chi connectivity index (χ1) is 8.81. The Balaban J connectivity index is 2.24. The Morgan fingerprint density at radius 2 is 1.83 bits per heavy atom. The zero-order chi connectivity index (χ0) is 12.8. The van der Waals surface area contributed by atoms with Crippen LogP contribution < -0.4 is 21.7 Å². The van der Waals surface area contributed by atoms with E-state index in [1.807, 2.05) is 24.3 Å². The number of anilines is 2. The molecule has 0 atom stereocenters. The average Bonchev–Trinajstić information content (AvgIpc) is 2.46. The van der Waals surface area contributed by atoms with Crippen molar-refractivity contribution >= 4 is 17.5 Å². The van der Waals surface area contributed by atoms with Crippen LogP contribution in [0.4, 0.5) is 16.3 Å². The van der Waals surface area contributed by atoms with Gasteiger partial charge in [0, 0.05) is 6.20 Å². The molecule has 0 fully saturated rings. The van der Waals surface area contributed by atoms with Crippen LogP contribution in [-0.4, -0.2) is 11.0 Å². The van der Waals surface area contributed by atoms with Gasteiger partial charge in [-0.3, -0.25) is 10.9 Å². The highest BCUT2D eigenvalue weighted by molar-refractivity contribution is 5.93. The molecule has 18 heavy (non-hydrogen) atoms. The van der Waals surface area contributed by atoms with E-state index in [1.165, 1.54) is 5.01 Å². The van der Waals surface area contributed by atoms with Gasteiger partial charge in [-0.2, -0.15) is 0 Å². The molecule has 0 bridgehead atoms. The molecule has 0 radical (unpaired) electrons. The molecule has 6 nitrogen and oxygen atoms in total. The Morgan fingerprint density at radius 3 is 2.44 bits per heavy atom. The Bertz CT molecular complexity index is 502. The number of urea groups is 1. The van der Waals surface area contributed by atoms with Crippen molar-refractivity contribution in [3.63, 3.8) is 0 Å². The fourth-order valence-electron chi connectivity index (χ4n) is 1.42. The molecule has 2 amide bonds. The SMILES string of the molecule is NNC(=O)N(Nc1ccccn1)c1ccccc1. The number of hydrazine groups is 2. The maximum atomic E-state index is 11.7. The first-order valence-electron chi connectivity index (χ1n) is 5.34. The van der Waals surface area contributed by atoms with Crippen molar-refractivity contribution in [1.29, 1.82) is 0 Å². The second kappa shape index (κ2) is 5.65. The molecular formula is C12H13N5O. The molecule has 0 saturated carbocycles. The van der Waals surface area contributed by atoms with Crippen molar-refractivity contribution in [3.8, 4) is 0 Å². The third-order valence-electron chi connectivity index (χ3n) is 2.23. The van der Waals surface area contributed by atoms with Gasteiger partial charge >= 0.3 is 6.03 Å². The number of pyridine rings is 1. The molecule has 2 aromatic rings. The van der Waals surface area contributed by atoms with E-state index < -0.39 is 6.03 Å². The third-order valence-corrected chi connectivity index (χ3v) is 2.23. The average molecular weight is 243 g/mol. The molecule has 0 unspecified atom stereocenters. The van der Waals surface area contributed by atoms with Crippen LogP contribution in [-0.2, 0) is 0 Å². The molecule has 0 spiro atoms. The molecule has 0 saturated heterocycles. The summed E-state index contributed by atoms with van der Waals surface area (Å²) < 4.78 is 0. The number of aromatic nitrogens is 1. The number of hydrogen-bond acceptors (Lipinski definition) is 4. The maximum absolute atomic E-state index is 11.7. The first-order valence-corrected chi connectivity index (χ1v) is 5.34. The van der Waals surface area contributed by atoms with Gasteiger partial charge in [0.15, 0.2) is 0 Å². The molecule has 2 rings (SSSR count). The van der Waals surface area contributed by atoms with E-state index in [9.17, 15) is 4.79 Å². The van der Waals surface area contributed by atoms with Crippen LogP contribution in [0.1, 0.15) is 0 Å². The van der Waals surface area contributed by atoms with Gasteiger partial charge in [0.2, 0.25) is 0 Å². The van der Waals surface area contributed by atoms with Crippen molar-refractivity contribution < 1.29 is 4.79 Å². The van der Waals surface area contributed by atoms with Gasteiger partial charge in [0.25, 0.3) is 0 Å². The van der Waals surface area contributed by atoms with Gasteiger partial charge in [0.05, 0.1) is 5.69 Å². The summed E-state index contributed by atoms with van der Waals surface area (Å²) in [5, 5.41) is 1.28. The lowest BCUT2D eigenvalue weighted by Gasteiger charge is -2.22. The molecule has 4 N–H and O–H groups in total. The van der Waals surface area contributed by atoms with Crippen LogP contribution in [0.2, 0.25) is 0 Å². The summed E-state index contributed by atoms with van der Waals surface area (Å²) in [6, 6.07) is 14.0. The highest BCUT2D eigenvalue weighted by Gasteiger charge is 2.14. The van der Waals surface area contributed by atoms with Crippen molar-refractivity contribution in [2.45, 2.75) is 0 Å². The highest BCUT2D eigenvalue weighted by Crippen LogP contribution is 2.14. The summed E-state index contributed by atoms with van der Waals surface area (Å²) in [5.41, 5.74) is 5.62. The Morgan fingerprint density at radius 1 is 1.11 bits per heavy atom. The largest absolute Gasteiger partial charge is 0.354 e. The first kappa shape index (κ1) is 11.9. The minimum atomic E-state index is -0.480. The van der Waals surface area contributed by atoms with Crippen LogP contribution in [0.25, 0.3) is 0 Å². The molecule has 1 heterocycles. The lowest BCUT2D eigenvalue weighted by atomic mass is 10.3. The number of nitrogens with zero attached hydrogens (tertiary/aromatic N) is 2. The van der Waals surface area contributed by atoms with Gasteiger partial charge in [0.1, 0.15) is 5.82 Å². The molecule has 0 aliphatic heterocycles. The second-order valence-electron chi connectivity index (χ2n) is 3.45. The van der Waals surface area contributed by atoms with Crippen LogP contribution in [0.15, 0.2) is 54.7 Å². The molecule has 92 valence electrons. The molecule has 1 aromatic carbocycles. The van der Waals surface area contributed by atoms with Gasteiger partial charge < -0.3 is 0 Å². The summed E-state index contributed by atoms with van der Waals surface area (Å²) in [6.07, 6.45) is 1.63. The van der Waals surface area contributed by atoms with Gasteiger partial charge in [-0.1, -0.05) is 24.3 Å². The van der Waals surface area contributed by atoms with Gasteiger partial charge in [-0.05, 0) is 24.3 Å². The minimum absolute atomic E-state index is 0.480. The predicted molar refractivity (Wildman–Crippen MR) is 69.5 cm³/mol. The third kappa shape index (κ3) is 2.74. The van der Waals surface area contributed by atoms with Crippen molar-refractivity contribution in [3.05, 3.63) is 54.7 Å². The summed E-state index contributed by atoms with van der Waals surface area (Å²) in [6.45, 7) is 0. The fraction of sp³-hybridized carbons (Fsp3) is 0. The van der Waals surface area contributed by atoms with E-state index in [-0.39, 0.29) is 0 Å². The van der Waals surface area contributed by atoms with E-state index in [0.29, 0.717) is 11.5 Å². The van der Waals surface area contributed by atoms with E-state index in [2.05, 4.69) is 15.8 Å². The highest BCUT2D eigenvalue weighted by atomic mass is 16.2. The van der Waals surface area contributed by atoms with Crippen molar-refractivity contribution in [1.82, 2.24) is 10.4 Å². The number of hydrogen-bond donors (Lipinski definition) is 3. The number of nitrogens with two attached hydrogens (primary N) is 1. The fourth-order valence-corrected chi connectivity index (χ4v) is 1.42. The van der Waals surface area contributed by atoms with Crippen molar-refractivity contribution in [2.75, 3.05) is 10.4 Å². The maximum Gasteiger partial charge on any atom is 0.354 e.